The number of hydrogen-bond acceptors (Lipinski definition) is 5. The van der Waals surface area contributed by atoms with Gasteiger partial charge in [-0.25, -0.2) is 13.1 Å². The summed E-state index contributed by atoms with van der Waals surface area (Å²) in [5, 5.41) is 5.63. The summed E-state index contributed by atoms with van der Waals surface area (Å²) >= 11 is 0. The first-order valence-electron chi connectivity index (χ1n) is 12.1. The first-order chi connectivity index (χ1) is 17.2. The number of ether oxygens (including phenoxy) is 1. The Morgan fingerprint density at radius 1 is 1.06 bits per heavy atom. The average molecular weight is 507 g/mol. The molecule has 0 unspecified atom stereocenters. The van der Waals surface area contributed by atoms with Crippen LogP contribution in [0, 0.1) is 0 Å². The van der Waals surface area contributed by atoms with E-state index in [9.17, 15) is 13.2 Å². The molecule has 5 rings (SSSR count). The highest BCUT2D eigenvalue weighted by molar-refractivity contribution is 7.88. The average Bonchev–Trinajstić information content (AvgIpc) is 3.24. The van der Waals surface area contributed by atoms with Crippen LogP contribution in [0.5, 0.6) is 5.75 Å². The number of nitrogens with one attached hydrogen (secondary N) is 1. The number of pyridine rings is 1. The Bertz CT molecular complexity index is 1540. The molecular weight excluding hydrogens is 476 g/mol. The Balaban J connectivity index is 1.42. The fourth-order valence-corrected chi connectivity index (χ4v) is 5.67. The standard InChI is InChI=1S/C27H30N4O4S/c1-30-18-24(26(15-27(30)32)35-23-12-10-22(11-13-23)29-36(2,33)34)20-8-9-21-16-28-31(25(21)14-20)17-19-6-4-3-5-7-19/h3-9,14-16,18,22-23,29H,10-13,17H2,1-2H3. The number of aromatic nitrogens is 3. The van der Waals surface area contributed by atoms with E-state index in [1.54, 1.807) is 17.7 Å². The molecule has 1 fully saturated rings. The van der Waals surface area contributed by atoms with Gasteiger partial charge in [0.25, 0.3) is 5.56 Å². The zero-order valence-corrected chi connectivity index (χ0v) is 21.2. The molecule has 4 aromatic rings. The first kappa shape index (κ1) is 24.3. The van der Waals surface area contributed by atoms with E-state index in [1.165, 1.54) is 11.8 Å². The van der Waals surface area contributed by atoms with Gasteiger partial charge in [-0.2, -0.15) is 5.10 Å². The van der Waals surface area contributed by atoms with Gasteiger partial charge in [-0.3, -0.25) is 9.48 Å². The van der Waals surface area contributed by atoms with E-state index >= 15 is 0 Å². The second-order valence-corrected chi connectivity index (χ2v) is 11.3. The molecule has 1 N–H and O–H groups in total. The van der Waals surface area contributed by atoms with Crippen LogP contribution in [0.3, 0.4) is 0 Å². The lowest BCUT2D eigenvalue weighted by Crippen LogP contribution is -2.39. The van der Waals surface area contributed by atoms with Crippen molar-refractivity contribution in [2.45, 2.75) is 44.4 Å². The highest BCUT2D eigenvalue weighted by Gasteiger charge is 2.25. The van der Waals surface area contributed by atoms with Gasteiger partial charge in [0.1, 0.15) is 5.75 Å². The molecule has 0 atom stereocenters. The molecule has 0 aliphatic heterocycles. The molecule has 0 saturated heterocycles. The predicted molar refractivity (Wildman–Crippen MR) is 141 cm³/mol. The van der Waals surface area contributed by atoms with Crippen molar-refractivity contribution in [2.75, 3.05) is 6.26 Å². The van der Waals surface area contributed by atoms with Crippen LogP contribution in [-0.2, 0) is 23.6 Å². The quantitative estimate of drug-likeness (QED) is 0.413. The lowest BCUT2D eigenvalue weighted by Gasteiger charge is -2.29. The number of benzene rings is 2. The molecule has 8 nitrogen and oxygen atoms in total. The topological polar surface area (TPSA) is 95.2 Å². The van der Waals surface area contributed by atoms with E-state index in [2.05, 4.69) is 28.0 Å². The number of rotatable bonds is 7. The van der Waals surface area contributed by atoms with E-state index in [0.717, 1.165) is 22.0 Å². The second-order valence-electron chi connectivity index (χ2n) is 9.54. The van der Waals surface area contributed by atoms with Crippen LogP contribution in [0.2, 0.25) is 0 Å². The maximum Gasteiger partial charge on any atom is 0.254 e. The van der Waals surface area contributed by atoms with Crippen molar-refractivity contribution >= 4 is 20.9 Å². The Labute approximate surface area is 210 Å². The molecule has 0 amide bonds. The predicted octanol–water partition coefficient (Wildman–Crippen LogP) is 3.69. The SMILES string of the molecule is Cn1cc(-c2ccc3cnn(Cc4ccccc4)c3c2)c(OC2CCC(NS(C)(=O)=O)CC2)cc1=O. The Morgan fingerprint density at radius 2 is 1.81 bits per heavy atom. The third kappa shape index (κ3) is 5.52. The fraction of sp³-hybridized carbons (Fsp3) is 0.333. The minimum absolute atomic E-state index is 0.0738. The van der Waals surface area contributed by atoms with Crippen LogP contribution in [0.4, 0.5) is 0 Å². The lowest BCUT2D eigenvalue weighted by molar-refractivity contribution is 0.144. The summed E-state index contributed by atoms with van der Waals surface area (Å²) in [6.07, 6.45) is 7.60. The highest BCUT2D eigenvalue weighted by Crippen LogP contribution is 2.33. The Kier molecular flexibility index (Phi) is 6.68. The molecule has 36 heavy (non-hydrogen) atoms. The van der Waals surface area contributed by atoms with Crippen molar-refractivity contribution < 1.29 is 13.2 Å². The molecular formula is C27H30N4O4S. The van der Waals surface area contributed by atoms with Gasteiger partial charge in [0, 0.05) is 36.3 Å². The largest absolute Gasteiger partial charge is 0.490 e. The van der Waals surface area contributed by atoms with Gasteiger partial charge in [0.15, 0.2) is 0 Å². The minimum atomic E-state index is -3.23. The van der Waals surface area contributed by atoms with E-state index in [0.29, 0.717) is 38.0 Å². The minimum Gasteiger partial charge on any atom is -0.490 e. The van der Waals surface area contributed by atoms with Gasteiger partial charge in [-0.15, -0.1) is 0 Å². The molecule has 1 aliphatic rings. The van der Waals surface area contributed by atoms with Crippen LogP contribution < -0.4 is 15.0 Å². The highest BCUT2D eigenvalue weighted by atomic mass is 32.2. The van der Waals surface area contributed by atoms with Gasteiger partial charge in [-0.05, 0) is 42.9 Å². The van der Waals surface area contributed by atoms with Crippen molar-refractivity contribution in [3.8, 4) is 16.9 Å². The summed E-state index contributed by atoms with van der Waals surface area (Å²) in [6, 6.07) is 17.8. The molecule has 1 aliphatic carbocycles. The summed E-state index contributed by atoms with van der Waals surface area (Å²) in [4.78, 5) is 12.5. The smallest absolute Gasteiger partial charge is 0.254 e. The van der Waals surface area contributed by atoms with E-state index in [-0.39, 0.29) is 17.7 Å². The van der Waals surface area contributed by atoms with Crippen LogP contribution in [0.25, 0.3) is 22.0 Å². The molecule has 2 aromatic heterocycles. The molecule has 2 heterocycles. The van der Waals surface area contributed by atoms with E-state index in [4.69, 9.17) is 4.74 Å². The van der Waals surface area contributed by atoms with Gasteiger partial charge in [-0.1, -0.05) is 42.5 Å². The number of aryl methyl sites for hydroxylation is 1. The van der Waals surface area contributed by atoms with E-state index in [1.807, 2.05) is 47.4 Å². The lowest BCUT2D eigenvalue weighted by atomic mass is 9.93. The zero-order chi connectivity index (χ0) is 25.3. The monoisotopic (exact) mass is 506 g/mol. The van der Waals surface area contributed by atoms with Crippen molar-refractivity contribution in [2.24, 2.45) is 7.05 Å². The number of fused-ring (bicyclic) bond motifs is 1. The summed E-state index contributed by atoms with van der Waals surface area (Å²) in [5.41, 5.74) is 3.80. The normalized spacial score (nSPS) is 18.4. The maximum absolute atomic E-state index is 12.5. The summed E-state index contributed by atoms with van der Waals surface area (Å²) in [5.74, 6) is 0.547. The van der Waals surface area contributed by atoms with Gasteiger partial charge in [0.05, 0.1) is 30.6 Å². The number of nitrogens with zero attached hydrogens (tertiary/aromatic N) is 3. The van der Waals surface area contributed by atoms with Crippen molar-refractivity contribution in [3.63, 3.8) is 0 Å². The first-order valence-corrected chi connectivity index (χ1v) is 14.0. The van der Waals surface area contributed by atoms with Gasteiger partial charge >= 0.3 is 0 Å². The second kappa shape index (κ2) is 9.91. The molecule has 0 spiro atoms. The molecule has 9 heteroatoms. The van der Waals surface area contributed by atoms with Crippen LogP contribution in [-0.4, -0.2) is 41.2 Å². The Morgan fingerprint density at radius 3 is 2.53 bits per heavy atom. The van der Waals surface area contributed by atoms with Crippen LogP contribution >= 0.6 is 0 Å². The van der Waals surface area contributed by atoms with Crippen molar-refractivity contribution in [3.05, 3.63) is 82.9 Å². The fourth-order valence-electron chi connectivity index (χ4n) is 4.83. The van der Waals surface area contributed by atoms with Gasteiger partial charge < -0.3 is 9.30 Å². The van der Waals surface area contributed by atoms with Crippen molar-refractivity contribution in [1.82, 2.24) is 19.1 Å². The summed E-state index contributed by atoms with van der Waals surface area (Å²) < 4.78 is 35.7. The Hall–Kier alpha value is -3.43. The third-order valence-electron chi connectivity index (χ3n) is 6.67. The summed E-state index contributed by atoms with van der Waals surface area (Å²) in [6.45, 7) is 0.662. The molecule has 0 bridgehead atoms. The zero-order valence-electron chi connectivity index (χ0n) is 20.4. The molecule has 188 valence electrons. The van der Waals surface area contributed by atoms with E-state index < -0.39 is 10.0 Å². The molecule has 1 saturated carbocycles. The third-order valence-corrected chi connectivity index (χ3v) is 7.43. The van der Waals surface area contributed by atoms with Crippen LogP contribution in [0.1, 0.15) is 31.2 Å². The summed E-state index contributed by atoms with van der Waals surface area (Å²) in [7, 11) is -1.50. The van der Waals surface area contributed by atoms with Gasteiger partial charge in [0.2, 0.25) is 10.0 Å². The van der Waals surface area contributed by atoms with Crippen LogP contribution in [0.15, 0.2) is 71.8 Å². The van der Waals surface area contributed by atoms with Crippen molar-refractivity contribution in [1.29, 1.82) is 0 Å². The number of hydrogen-bond donors (Lipinski definition) is 1. The molecule has 0 radical (unpaired) electrons. The molecule has 2 aromatic carbocycles. The maximum atomic E-state index is 12.5. The number of sulfonamides is 1.